The first-order chi connectivity index (χ1) is 12.8. The van der Waals surface area contributed by atoms with Gasteiger partial charge in [-0.25, -0.2) is 4.98 Å². The summed E-state index contributed by atoms with van der Waals surface area (Å²) in [6, 6.07) is 7.21. The Bertz CT molecular complexity index is 774. The van der Waals surface area contributed by atoms with E-state index in [1.54, 1.807) is 0 Å². The smallest absolute Gasteiger partial charge is 0.185 e. The molecule has 0 spiro atoms. The van der Waals surface area contributed by atoms with Crippen molar-refractivity contribution in [2.45, 2.75) is 32.4 Å². The van der Waals surface area contributed by atoms with E-state index in [1.165, 1.54) is 26.8 Å². The van der Waals surface area contributed by atoms with E-state index in [0.717, 1.165) is 64.5 Å². The van der Waals surface area contributed by atoms with Crippen molar-refractivity contribution in [1.29, 1.82) is 0 Å². The summed E-state index contributed by atoms with van der Waals surface area (Å²) < 4.78 is 5.75. The van der Waals surface area contributed by atoms with E-state index in [4.69, 9.17) is 9.72 Å². The zero-order valence-corrected chi connectivity index (χ0v) is 16.1. The summed E-state index contributed by atoms with van der Waals surface area (Å²) >= 11 is 1.88. The number of nitrogens with zero attached hydrogens (tertiary/aromatic N) is 3. The van der Waals surface area contributed by atoms with Crippen molar-refractivity contribution in [3.05, 3.63) is 39.9 Å². The molecule has 26 heavy (non-hydrogen) atoms. The first kappa shape index (κ1) is 16.5. The molecule has 0 saturated carbocycles. The zero-order chi connectivity index (χ0) is 17.5. The lowest BCUT2D eigenvalue weighted by molar-refractivity contribution is 0.198. The lowest BCUT2D eigenvalue weighted by Gasteiger charge is -2.38. The monoisotopic (exact) mass is 370 g/mol. The van der Waals surface area contributed by atoms with Crippen molar-refractivity contribution in [2.75, 3.05) is 44.2 Å². The molecule has 1 saturated heterocycles. The summed E-state index contributed by atoms with van der Waals surface area (Å²) in [5, 5.41) is 4.67. The average Bonchev–Trinajstić information content (AvgIpc) is 3.33. The third kappa shape index (κ3) is 3.00. The fourth-order valence-electron chi connectivity index (χ4n) is 4.20. The van der Waals surface area contributed by atoms with Crippen LogP contribution in [0.1, 0.15) is 34.7 Å². The molecule has 3 aliphatic rings. The van der Waals surface area contributed by atoms with Gasteiger partial charge in [-0.3, -0.25) is 4.90 Å². The number of hydrogen-bond donors (Lipinski definition) is 1. The Morgan fingerprint density at radius 1 is 1.19 bits per heavy atom. The van der Waals surface area contributed by atoms with Crippen molar-refractivity contribution in [2.24, 2.45) is 0 Å². The van der Waals surface area contributed by atoms with E-state index in [9.17, 15) is 0 Å². The number of hydrogen-bond acceptors (Lipinski definition) is 6. The molecule has 1 aromatic heterocycles. The number of nitrogens with one attached hydrogen (secondary N) is 1. The van der Waals surface area contributed by atoms with Crippen molar-refractivity contribution in [3.63, 3.8) is 0 Å². The number of ether oxygens (including phenoxy) is 1. The lowest BCUT2D eigenvalue weighted by Crippen LogP contribution is -2.47. The van der Waals surface area contributed by atoms with Crippen LogP contribution in [-0.2, 0) is 19.4 Å². The molecule has 1 aromatic carbocycles. The van der Waals surface area contributed by atoms with Gasteiger partial charge in [0.2, 0.25) is 0 Å². The SMILES string of the molecule is C[C@@H](c1ccc2c(c1)OCC2)N1CCN(c2nc3c(s2)CNCC3)CC1. The number of benzene rings is 1. The Morgan fingerprint density at radius 2 is 2.08 bits per heavy atom. The molecule has 138 valence electrons. The molecule has 0 aliphatic carbocycles. The van der Waals surface area contributed by atoms with E-state index in [1.807, 2.05) is 11.3 Å². The minimum Gasteiger partial charge on any atom is -0.493 e. The van der Waals surface area contributed by atoms with Crippen LogP contribution < -0.4 is 15.0 Å². The predicted molar refractivity (Wildman–Crippen MR) is 105 cm³/mol. The van der Waals surface area contributed by atoms with E-state index in [-0.39, 0.29) is 0 Å². The van der Waals surface area contributed by atoms with Gasteiger partial charge in [0.15, 0.2) is 5.13 Å². The van der Waals surface area contributed by atoms with Crippen LogP contribution in [0.15, 0.2) is 18.2 Å². The minimum atomic E-state index is 0.431. The molecule has 1 fully saturated rings. The zero-order valence-electron chi connectivity index (χ0n) is 15.3. The number of piperazine rings is 1. The van der Waals surface area contributed by atoms with Crippen molar-refractivity contribution in [1.82, 2.24) is 15.2 Å². The largest absolute Gasteiger partial charge is 0.493 e. The van der Waals surface area contributed by atoms with Gasteiger partial charge in [-0.05, 0) is 24.1 Å². The van der Waals surface area contributed by atoms with Gasteiger partial charge in [-0.2, -0.15) is 0 Å². The summed E-state index contributed by atoms with van der Waals surface area (Å²) in [5.41, 5.74) is 4.04. The second kappa shape index (κ2) is 6.83. The molecule has 4 heterocycles. The molecule has 3 aliphatic heterocycles. The second-order valence-electron chi connectivity index (χ2n) is 7.46. The van der Waals surface area contributed by atoms with Crippen LogP contribution in [0.2, 0.25) is 0 Å². The maximum absolute atomic E-state index is 5.75. The van der Waals surface area contributed by atoms with Gasteiger partial charge < -0.3 is 15.0 Å². The van der Waals surface area contributed by atoms with Gasteiger partial charge in [0.1, 0.15) is 5.75 Å². The quantitative estimate of drug-likeness (QED) is 0.899. The van der Waals surface area contributed by atoms with Gasteiger partial charge in [0, 0.05) is 63.0 Å². The first-order valence-corrected chi connectivity index (χ1v) is 10.5. The molecule has 2 aromatic rings. The van der Waals surface area contributed by atoms with Gasteiger partial charge in [0.05, 0.1) is 12.3 Å². The standard InChI is InChI=1S/C20H26N4OS/c1-14(16-3-2-15-5-11-25-18(15)12-16)23-7-9-24(10-8-23)20-22-17-4-6-21-13-19(17)26-20/h2-3,12,14,21H,4-11,13H2,1H3/t14-/m0/s1. The molecule has 6 heteroatoms. The van der Waals surface area contributed by atoms with Crippen LogP contribution in [0.25, 0.3) is 0 Å². The van der Waals surface area contributed by atoms with Crippen LogP contribution in [0.4, 0.5) is 5.13 Å². The highest BCUT2D eigenvalue weighted by Crippen LogP contribution is 2.32. The predicted octanol–water partition coefficient (Wildman–Crippen LogP) is 2.61. The molecule has 0 radical (unpaired) electrons. The normalized spacial score (nSPS) is 21.2. The number of rotatable bonds is 3. The third-order valence-electron chi connectivity index (χ3n) is 5.93. The number of anilines is 1. The Morgan fingerprint density at radius 3 is 2.92 bits per heavy atom. The Kier molecular flexibility index (Phi) is 4.35. The molecule has 0 amide bonds. The number of aromatic nitrogens is 1. The first-order valence-electron chi connectivity index (χ1n) is 9.72. The fourth-order valence-corrected chi connectivity index (χ4v) is 5.33. The van der Waals surface area contributed by atoms with Crippen molar-refractivity contribution < 1.29 is 4.74 Å². The van der Waals surface area contributed by atoms with Crippen LogP contribution in [0.5, 0.6) is 5.75 Å². The topological polar surface area (TPSA) is 40.6 Å². The molecular formula is C20H26N4OS. The minimum absolute atomic E-state index is 0.431. The highest BCUT2D eigenvalue weighted by atomic mass is 32.1. The second-order valence-corrected chi connectivity index (χ2v) is 8.52. The third-order valence-corrected chi connectivity index (χ3v) is 7.08. The molecule has 0 unspecified atom stereocenters. The molecule has 1 atom stereocenters. The van der Waals surface area contributed by atoms with E-state index < -0.39 is 0 Å². The molecular weight excluding hydrogens is 344 g/mol. The summed E-state index contributed by atoms with van der Waals surface area (Å²) in [6.07, 6.45) is 2.12. The van der Waals surface area contributed by atoms with E-state index in [2.05, 4.69) is 40.2 Å². The summed E-state index contributed by atoms with van der Waals surface area (Å²) in [5.74, 6) is 1.09. The highest BCUT2D eigenvalue weighted by Gasteiger charge is 2.26. The van der Waals surface area contributed by atoms with Crippen LogP contribution >= 0.6 is 11.3 Å². The Hall–Kier alpha value is -1.63. The Labute approximate surface area is 159 Å². The van der Waals surface area contributed by atoms with Crippen LogP contribution in [0.3, 0.4) is 0 Å². The van der Waals surface area contributed by atoms with Crippen LogP contribution in [0, 0.1) is 0 Å². The number of fused-ring (bicyclic) bond motifs is 2. The lowest BCUT2D eigenvalue weighted by atomic mass is 10.0. The number of thiazole rings is 1. The van der Waals surface area contributed by atoms with Crippen molar-refractivity contribution >= 4 is 16.5 Å². The average molecular weight is 371 g/mol. The molecule has 1 N–H and O–H groups in total. The van der Waals surface area contributed by atoms with Crippen LogP contribution in [-0.4, -0.2) is 49.2 Å². The van der Waals surface area contributed by atoms with Gasteiger partial charge >= 0.3 is 0 Å². The van der Waals surface area contributed by atoms with Gasteiger partial charge in [0.25, 0.3) is 0 Å². The summed E-state index contributed by atoms with van der Waals surface area (Å²) in [4.78, 5) is 11.4. The van der Waals surface area contributed by atoms with Gasteiger partial charge in [-0.15, -0.1) is 11.3 Å². The summed E-state index contributed by atoms with van der Waals surface area (Å²) in [6.45, 7) is 9.50. The fraction of sp³-hybridized carbons (Fsp3) is 0.550. The maximum atomic E-state index is 5.75. The van der Waals surface area contributed by atoms with E-state index >= 15 is 0 Å². The van der Waals surface area contributed by atoms with Crippen molar-refractivity contribution in [3.8, 4) is 5.75 Å². The van der Waals surface area contributed by atoms with E-state index in [0.29, 0.717) is 6.04 Å². The van der Waals surface area contributed by atoms with Gasteiger partial charge in [-0.1, -0.05) is 12.1 Å². The molecule has 0 bridgehead atoms. The molecule has 5 rings (SSSR count). The Balaban J connectivity index is 1.24. The maximum Gasteiger partial charge on any atom is 0.185 e. The molecule has 5 nitrogen and oxygen atoms in total. The highest BCUT2D eigenvalue weighted by molar-refractivity contribution is 7.15. The summed E-state index contributed by atoms with van der Waals surface area (Å²) in [7, 11) is 0.